The molecule has 2 aromatic carbocycles. The summed E-state index contributed by atoms with van der Waals surface area (Å²) in [6.07, 6.45) is 1.65. The zero-order valence-electron chi connectivity index (χ0n) is 9.52. The van der Waals surface area contributed by atoms with Crippen molar-refractivity contribution in [3.05, 3.63) is 48.0 Å². The van der Waals surface area contributed by atoms with Crippen LogP contribution >= 0.6 is 0 Å². The van der Waals surface area contributed by atoms with Crippen molar-refractivity contribution < 1.29 is 4.74 Å². The van der Waals surface area contributed by atoms with Crippen LogP contribution in [0.5, 0.6) is 0 Å². The zero-order valence-corrected chi connectivity index (χ0v) is 9.52. The van der Waals surface area contributed by atoms with Gasteiger partial charge < -0.3 is 4.74 Å². The standard InChI is InChI=1S/C15H16O/c1-2-16-15-10-14(15)13-8-7-11-5-3-4-6-12(11)9-13/h3-9,14-15H,2,10H2,1H3/t14-,15-/m1/s1. The monoisotopic (exact) mass is 212 g/mol. The molecule has 1 fully saturated rings. The second kappa shape index (κ2) is 3.91. The molecule has 0 spiro atoms. The predicted molar refractivity (Wildman–Crippen MR) is 66.7 cm³/mol. The van der Waals surface area contributed by atoms with Crippen LogP contribution in [-0.2, 0) is 4.74 Å². The maximum atomic E-state index is 5.63. The molecular weight excluding hydrogens is 196 g/mol. The largest absolute Gasteiger partial charge is 0.378 e. The molecule has 0 aliphatic heterocycles. The molecule has 82 valence electrons. The zero-order chi connectivity index (χ0) is 11.0. The van der Waals surface area contributed by atoms with Gasteiger partial charge in [-0.25, -0.2) is 0 Å². The normalized spacial score (nSPS) is 23.6. The van der Waals surface area contributed by atoms with E-state index in [2.05, 4.69) is 49.4 Å². The van der Waals surface area contributed by atoms with Gasteiger partial charge in [0.2, 0.25) is 0 Å². The van der Waals surface area contributed by atoms with E-state index < -0.39 is 0 Å². The number of rotatable bonds is 3. The summed E-state index contributed by atoms with van der Waals surface area (Å²) in [4.78, 5) is 0. The average molecular weight is 212 g/mol. The van der Waals surface area contributed by atoms with E-state index >= 15 is 0 Å². The van der Waals surface area contributed by atoms with Crippen LogP contribution in [0, 0.1) is 0 Å². The molecule has 0 amide bonds. The molecule has 3 rings (SSSR count). The summed E-state index contributed by atoms with van der Waals surface area (Å²) >= 11 is 0. The Kier molecular flexibility index (Phi) is 2.41. The van der Waals surface area contributed by atoms with E-state index in [0.29, 0.717) is 12.0 Å². The highest BCUT2D eigenvalue weighted by molar-refractivity contribution is 5.83. The fraction of sp³-hybridized carbons (Fsp3) is 0.333. The molecule has 1 heteroatoms. The first-order valence-electron chi connectivity index (χ1n) is 5.99. The van der Waals surface area contributed by atoms with Crippen molar-refractivity contribution in [2.45, 2.75) is 25.4 Å². The van der Waals surface area contributed by atoms with Crippen LogP contribution in [0.25, 0.3) is 10.8 Å². The van der Waals surface area contributed by atoms with Crippen molar-refractivity contribution in [3.63, 3.8) is 0 Å². The lowest BCUT2D eigenvalue weighted by molar-refractivity contribution is 0.128. The molecule has 0 unspecified atom stereocenters. The third kappa shape index (κ3) is 1.72. The molecule has 0 aromatic heterocycles. The smallest absolute Gasteiger partial charge is 0.0651 e. The highest BCUT2D eigenvalue weighted by Gasteiger charge is 2.39. The van der Waals surface area contributed by atoms with Crippen LogP contribution in [0.2, 0.25) is 0 Å². The van der Waals surface area contributed by atoms with Crippen molar-refractivity contribution >= 4 is 10.8 Å². The van der Waals surface area contributed by atoms with E-state index in [1.165, 1.54) is 22.8 Å². The fourth-order valence-electron chi connectivity index (χ4n) is 2.36. The average Bonchev–Trinajstić information content (AvgIpc) is 3.08. The van der Waals surface area contributed by atoms with Gasteiger partial charge in [-0.3, -0.25) is 0 Å². The van der Waals surface area contributed by atoms with E-state index in [0.717, 1.165) is 6.61 Å². The topological polar surface area (TPSA) is 9.23 Å². The number of benzene rings is 2. The van der Waals surface area contributed by atoms with Gasteiger partial charge in [0.25, 0.3) is 0 Å². The first kappa shape index (κ1) is 9.86. The Hall–Kier alpha value is -1.34. The quantitative estimate of drug-likeness (QED) is 0.753. The van der Waals surface area contributed by atoms with Gasteiger partial charge in [-0.15, -0.1) is 0 Å². The fourth-order valence-corrected chi connectivity index (χ4v) is 2.36. The minimum atomic E-state index is 0.464. The predicted octanol–water partition coefficient (Wildman–Crippen LogP) is 3.73. The van der Waals surface area contributed by atoms with Crippen molar-refractivity contribution in [3.8, 4) is 0 Å². The molecule has 1 aliphatic carbocycles. The number of hydrogen-bond acceptors (Lipinski definition) is 1. The van der Waals surface area contributed by atoms with Crippen LogP contribution < -0.4 is 0 Å². The summed E-state index contributed by atoms with van der Waals surface area (Å²) in [5, 5.41) is 2.65. The molecule has 0 heterocycles. The minimum Gasteiger partial charge on any atom is -0.378 e. The van der Waals surface area contributed by atoms with Crippen molar-refractivity contribution in [2.75, 3.05) is 6.61 Å². The van der Waals surface area contributed by atoms with Gasteiger partial charge in [-0.2, -0.15) is 0 Å². The number of fused-ring (bicyclic) bond motifs is 1. The van der Waals surface area contributed by atoms with Gasteiger partial charge in [0.1, 0.15) is 0 Å². The van der Waals surface area contributed by atoms with Gasteiger partial charge >= 0.3 is 0 Å². The van der Waals surface area contributed by atoms with Crippen LogP contribution in [0.3, 0.4) is 0 Å². The Morgan fingerprint density at radius 3 is 2.75 bits per heavy atom. The third-order valence-electron chi connectivity index (χ3n) is 3.31. The van der Waals surface area contributed by atoms with Crippen LogP contribution in [-0.4, -0.2) is 12.7 Å². The summed E-state index contributed by atoms with van der Waals surface area (Å²) < 4.78 is 5.63. The molecule has 1 saturated carbocycles. The van der Waals surface area contributed by atoms with Crippen molar-refractivity contribution in [1.29, 1.82) is 0 Å². The third-order valence-corrected chi connectivity index (χ3v) is 3.31. The minimum absolute atomic E-state index is 0.464. The van der Waals surface area contributed by atoms with Gasteiger partial charge in [0, 0.05) is 12.5 Å². The summed E-state index contributed by atoms with van der Waals surface area (Å²) in [6.45, 7) is 2.89. The van der Waals surface area contributed by atoms with E-state index in [9.17, 15) is 0 Å². The Morgan fingerprint density at radius 1 is 1.12 bits per heavy atom. The van der Waals surface area contributed by atoms with Crippen LogP contribution in [0.1, 0.15) is 24.8 Å². The summed E-state index contributed by atoms with van der Waals surface area (Å²) in [5.74, 6) is 0.629. The SMILES string of the molecule is CCO[C@@H]1C[C@@H]1c1ccc2ccccc2c1. The number of hydrogen-bond donors (Lipinski definition) is 0. The first-order valence-corrected chi connectivity index (χ1v) is 5.99. The lowest BCUT2D eigenvalue weighted by Crippen LogP contribution is -1.95. The molecule has 0 radical (unpaired) electrons. The highest BCUT2D eigenvalue weighted by atomic mass is 16.5. The van der Waals surface area contributed by atoms with Gasteiger partial charge in [-0.1, -0.05) is 42.5 Å². The molecule has 2 aromatic rings. The van der Waals surface area contributed by atoms with Gasteiger partial charge in [0.05, 0.1) is 6.10 Å². The van der Waals surface area contributed by atoms with E-state index in [1.54, 1.807) is 0 Å². The Morgan fingerprint density at radius 2 is 1.94 bits per heavy atom. The van der Waals surface area contributed by atoms with E-state index in [1.807, 2.05) is 0 Å². The van der Waals surface area contributed by atoms with Crippen LogP contribution in [0.15, 0.2) is 42.5 Å². The maximum absolute atomic E-state index is 5.63. The lowest BCUT2D eigenvalue weighted by atomic mass is 10.0. The molecule has 0 saturated heterocycles. The number of ether oxygens (including phenoxy) is 1. The molecule has 1 nitrogen and oxygen atoms in total. The Balaban J connectivity index is 1.89. The first-order chi connectivity index (χ1) is 7.88. The van der Waals surface area contributed by atoms with Gasteiger partial charge in [-0.05, 0) is 29.7 Å². The summed E-state index contributed by atoms with van der Waals surface area (Å²) in [7, 11) is 0. The summed E-state index contributed by atoms with van der Waals surface area (Å²) in [6, 6.07) is 15.3. The second-order valence-electron chi connectivity index (χ2n) is 4.44. The van der Waals surface area contributed by atoms with E-state index in [-0.39, 0.29) is 0 Å². The Bertz CT molecular complexity index is 504. The lowest BCUT2D eigenvalue weighted by Gasteiger charge is -2.03. The van der Waals surface area contributed by atoms with Gasteiger partial charge in [0.15, 0.2) is 0 Å². The summed E-state index contributed by atoms with van der Waals surface area (Å²) in [5.41, 5.74) is 1.43. The maximum Gasteiger partial charge on any atom is 0.0651 e. The molecule has 1 aliphatic rings. The van der Waals surface area contributed by atoms with Crippen molar-refractivity contribution in [1.82, 2.24) is 0 Å². The molecule has 2 atom stereocenters. The molecule has 0 bridgehead atoms. The second-order valence-corrected chi connectivity index (χ2v) is 4.44. The molecular formula is C15H16O. The Labute approximate surface area is 96.0 Å². The molecule has 0 N–H and O–H groups in total. The van der Waals surface area contributed by atoms with Crippen LogP contribution in [0.4, 0.5) is 0 Å². The molecule has 16 heavy (non-hydrogen) atoms. The van der Waals surface area contributed by atoms with E-state index in [4.69, 9.17) is 4.74 Å². The highest BCUT2D eigenvalue weighted by Crippen LogP contribution is 2.43. The van der Waals surface area contributed by atoms with Crippen molar-refractivity contribution in [2.24, 2.45) is 0 Å².